The third kappa shape index (κ3) is 4.46. The zero-order chi connectivity index (χ0) is 23.8. The molecule has 1 aliphatic heterocycles. The minimum atomic E-state index is -3.88. The highest BCUT2D eigenvalue weighted by atomic mass is 32.2. The number of aliphatic imine (C=N–C) groups is 2. The Morgan fingerprint density at radius 2 is 1.73 bits per heavy atom. The maximum absolute atomic E-state index is 13.4. The van der Waals surface area contributed by atoms with Crippen LogP contribution in [0.2, 0.25) is 0 Å². The normalized spacial score (nSPS) is 14.8. The van der Waals surface area contributed by atoms with Gasteiger partial charge in [0.15, 0.2) is 0 Å². The van der Waals surface area contributed by atoms with E-state index < -0.39 is 16.0 Å². The summed E-state index contributed by atoms with van der Waals surface area (Å²) in [6, 6.07) is 13.6. The van der Waals surface area contributed by atoms with Gasteiger partial charge in [0, 0.05) is 31.0 Å². The quantitative estimate of drug-likeness (QED) is 0.598. The molecule has 0 unspecified atom stereocenters. The zero-order valence-electron chi connectivity index (χ0n) is 18.1. The van der Waals surface area contributed by atoms with Crippen molar-refractivity contribution in [2.45, 2.75) is 25.7 Å². The summed E-state index contributed by atoms with van der Waals surface area (Å²) >= 11 is 0. The van der Waals surface area contributed by atoms with Gasteiger partial charge < -0.3 is 4.74 Å². The van der Waals surface area contributed by atoms with Gasteiger partial charge in [0.05, 0.1) is 10.4 Å². The van der Waals surface area contributed by atoms with Crippen LogP contribution in [-0.2, 0) is 24.3 Å². The minimum Gasteiger partial charge on any atom is -0.405 e. The number of aryl methyl sites for hydroxylation is 1. The number of carbonyl (C=O) groups is 2. The van der Waals surface area contributed by atoms with Crippen molar-refractivity contribution in [2.24, 2.45) is 9.98 Å². The molecule has 0 atom stereocenters. The molecular formula is C23H20N4O5S. The number of nitrogens with one attached hydrogen (secondary N) is 1. The molecule has 1 amide bonds. The van der Waals surface area contributed by atoms with Crippen LogP contribution in [0.5, 0.6) is 0 Å². The number of rotatable bonds is 3. The van der Waals surface area contributed by atoms with Gasteiger partial charge >= 0.3 is 5.97 Å². The third-order valence-electron chi connectivity index (χ3n) is 4.76. The molecule has 0 saturated carbocycles. The van der Waals surface area contributed by atoms with Gasteiger partial charge in [-0.1, -0.05) is 35.9 Å². The molecular weight excluding hydrogens is 444 g/mol. The van der Waals surface area contributed by atoms with Gasteiger partial charge in [-0.2, -0.15) is 4.99 Å². The lowest BCUT2D eigenvalue weighted by Crippen LogP contribution is -2.25. The molecule has 10 heteroatoms. The lowest BCUT2D eigenvalue weighted by molar-refractivity contribution is -0.132. The number of hydrogen-bond acceptors (Lipinski definition) is 7. The number of esters is 1. The minimum absolute atomic E-state index is 0.0268. The summed E-state index contributed by atoms with van der Waals surface area (Å²) in [5, 5.41) is 3.09. The molecule has 33 heavy (non-hydrogen) atoms. The molecule has 2 heterocycles. The lowest BCUT2D eigenvalue weighted by atomic mass is 10.1. The first kappa shape index (κ1) is 22.2. The van der Waals surface area contributed by atoms with Crippen LogP contribution in [0.1, 0.15) is 25.0 Å². The largest absolute Gasteiger partial charge is 0.405 e. The van der Waals surface area contributed by atoms with E-state index >= 15 is 0 Å². The zero-order valence-corrected chi connectivity index (χ0v) is 18.9. The second kappa shape index (κ2) is 8.47. The van der Waals surface area contributed by atoms with Crippen LogP contribution in [0.25, 0.3) is 17.0 Å². The molecule has 9 nitrogen and oxygen atoms in total. The van der Waals surface area contributed by atoms with E-state index in [0.717, 1.165) is 5.56 Å². The fourth-order valence-electron chi connectivity index (χ4n) is 3.32. The molecule has 1 aromatic heterocycles. The average molecular weight is 465 g/mol. The Labute approximate surface area is 190 Å². The number of nitrogens with zero attached hydrogens (tertiary/aromatic N) is 3. The Morgan fingerprint density at radius 3 is 2.39 bits per heavy atom. The maximum Gasteiger partial charge on any atom is 0.309 e. The molecule has 3 aromatic rings. The van der Waals surface area contributed by atoms with Crippen molar-refractivity contribution >= 4 is 50.7 Å². The molecule has 0 bridgehead atoms. The van der Waals surface area contributed by atoms with Crippen LogP contribution in [0.4, 0.5) is 0 Å². The summed E-state index contributed by atoms with van der Waals surface area (Å²) in [4.78, 5) is 31.3. The number of benzene rings is 2. The van der Waals surface area contributed by atoms with Crippen molar-refractivity contribution in [3.63, 3.8) is 0 Å². The molecule has 0 fully saturated rings. The Balaban J connectivity index is 1.86. The van der Waals surface area contributed by atoms with Gasteiger partial charge in [-0.3, -0.25) is 14.9 Å². The average Bonchev–Trinajstić information content (AvgIpc) is 3.29. The predicted octanol–water partition coefficient (Wildman–Crippen LogP) is 2.99. The van der Waals surface area contributed by atoms with Crippen molar-refractivity contribution in [3.05, 3.63) is 71.6 Å². The van der Waals surface area contributed by atoms with Crippen LogP contribution in [0.3, 0.4) is 0 Å². The molecule has 0 aliphatic carbocycles. The van der Waals surface area contributed by atoms with Crippen molar-refractivity contribution < 1.29 is 22.7 Å². The van der Waals surface area contributed by atoms with E-state index in [-0.39, 0.29) is 28.4 Å². The summed E-state index contributed by atoms with van der Waals surface area (Å²) in [5.41, 5.74) is 2.11. The molecule has 0 radical (unpaired) electrons. The van der Waals surface area contributed by atoms with Crippen LogP contribution in [0.15, 0.2) is 75.3 Å². The van der Waals surface area contributed by atoms with Gasteiger partial charge in [-0.15, -0.1) is 0 Å². The van der Waals surface area contributed by atoms with Crippen LogP contribution in [-0.4, -0.2) is 36.1 Å². The summed E-state index contributed by atoms with van der Waals surface area (Å²) in [6.07, 6.45) is 3.03. The van der Waals surface area contributed by atoms with E-state index in [0.29, 0.717) is 16.5 Å². The number of ether oxygens (including phenoxy) is 1. The highest BCUT2D eigenvalue weighted by Gasteiger charge is 2.24. The summed E-state index contributed by atoms with van der Waals surface area (Å²) in [6.45, 7) is 4.40. The van der Waals surface area contributed by atoms with E-state index in [1.807, 2.05) is 6.92 Å². The van der Waals surface area contributed by atoms with Gasteiger partial charge in [-0.05, 0) is 31.2 Å². The molecule has 2 aromatic carbocycles. The van der Waals surface area contributed by atoms with Gasteiger partial charge in [0.25, 0.3) is 15.9 Å². The summed E-state index contributed by atoms with van der Waals surface area (Å²) in [5.74, 6) is -1.12. The smallest absolute Gasteiger partial charge is 0.309 e. The number of fused-ring (bicyclic) bond motifs is 1. The lowest BCUT2D eigenvalue weighted by Gasteiger charge is -2.07. The number of amides is 1. The molecule has 1 N–H and O–H groups in total. The Morgan fingerprint density at radius 1 is 1.03 bits per heavy atom. The molecule has 4 rings (SSSR count). The predicted molar refractivity (Wildman–Crippen MR) is 124 cm³/mol. The molecule has 168 valence electrons. The summed E-state index contributed by atoms with van der Waals surface area (Å²) < 4.78 is 33.1. The maximum atomic E-state index is 13.4. The van der Waals surface area contributed by atoms with Gasteiger partial charge in [0.1, 0.15) is 5.70 Å². The van der Waals surface area contributed by atoms with Crippen LogP contribution < -0.4 is 5.32 Å². The molecule has 0 spiro atoms. The van der Waals surface area contributed by atoms with Gasteiger partial charge in [0.2, 0.25) is 11.9 Å². The van der Waals surface area contributed by atoms with E-state index in [2.05, 4.69) is 15.3 Å². The second-order valence-electron chi connectivity index (χ2n) is 7.37. The van der Waals surface area contributed by atoms with E-state index in [1.165, 1.54) is 24.0 Å². The number of hydrogen-bond donors (Lipinski definition) is 1. The standard InChI is InChI=1S/C23H20N4O5S/c1-14-8-10-18(11-9-14)33(30,31)27-13-17(19-6-4-5-7-21(19)27)12-20-22(32-16(3)29)26-23(25-20)24-15(2)28/h4-13H,1-3H3,(H,24,25,28)/b20-12+. The van der Waals surface area contributed by atoms with E-state index in [9.17, 15) is 18.0 Å². The van der Waals surface area contributed by atoms with E-state index in [4.69, 9.17) is 4.74 Å². The monoisotopic (exact) mass is 464 g/mol. The van der Waals surface area contributed by atoms with Crippen molar-refractivity contribution in [1.29, 1.82) is 0 Å². The first-order valence-corrected chi connectivity index (χ1v) is 11.4. The highest BCUT2D eigenvalue weighted by molar-refractivity contribution is 7.90. The number of guanidine groups is 1. The molecule has 0 saturated heterocycles. The second-order valence-corrected chi connectivity index (χ2v) is 9.19. The number of carbonyl (C=O) groups excluding carboxylic acids is 2. The Bertz CT molecular complexity index is 1480. The number of aromatic nitrogens is 1. The van der Waals surface area contributed by atoms with Crippen LogP contribution >= 0.6 is 0 Å². The topological polar surface area (TPSA) is 119 Å². The van der Waals surface area contributed by atoms with Crippen molar-refractivity contribution in [2.75, 3.05) is 0 Å². The summed E-state index contributed by atoms with van der Waals surface area (Å²) in [7, 11) is -3.88. The first-order valence-electron chi connectivity index (χ1n) is 9.93. The highest BCUT2D eigenvalue weighted by Crippen LogP contribution is 2.29. The molecule has 1 aliphatic rings. The van der Waals surface area contributed by atoms with E-state index in [1.54, 1.807) is 54.6 Å². The Hall–Kier alpha value is -4.05. The number of para-hydroxylation sites is 1. The fraction of sp³-hybridized carbons (Fsp3) is 0.130. The SMILES string of the molecule is CC(=O)NC1=N/C(=C/c2cn(S(=O)(=O)c3ccc(C)cc3)c3ccccc23)C(OC(C)=O)=N1. The first-order chi connectivity index (χ1) is 15.6. The fourth-order valence-corrected chi connectivity index (χ4v) is 4.70. The van der Waals surface area contributed by atoms with Crippen molar-refractivity contribution in [3.8, 4) is 0 Å². The van der Waals surface area contributed by atoms with Crippen LogP contribution in [0, 0.1) is 6.92 Å². The Kier molecular flexibility index (Phi) is 5.69. The van der Waals surface area contributed by atoms with Gasteiger partial charge in [-0.25, -0.2) is 17.4 Å². The third-order valence-corrected chi connectivity index (χ3v) is 6.45. The van der Waals surface area contributed by atoms with Crippen molar-refractivity contribution in [1.82, 2.24) is 9.29 Å².